The van der Waals surface area contributed by atoms with Crippen molar-refractivity contribution in [1.29, 1.82) is 0 Å². The monoisotopic (exact) mass is 248 g/mol. The summed E-state index contributed by atoms with van der Waals surface area (Å²) in [7, 11) is -3.88. The lowest BCUT2D eigenvalue weighted by Gasteiger charge is -2.05. The molecule has 1 aromatic rings. The molecule has 0 heterocycles. The summed E-state index contributed by atoms with van der Waals surface area (Å²) in [5.41, 5.74) is 0.330. The van der Waals surface area contributed by atoms with Crippen LogP contribution in [0, 0.1) is 0 Å². The molecule has 0 spiro atoms. The van der Waals surface area contributed by atoms with Crippen molar-refractivity contribution < 1.29 is 13.2 Å². The van der Waals surface area contributed by atoms with Crippen LogP contribution in [0.1, 0.15) is 6.92 Å². The van der Waals surface area contributed by atoms with Gasteiger partial charge in [0.05, 0.1) is 5.02 Å². The molecule has 0 aliphatic rings. The molecule has 5 nitrogen and oxygen atoms in total. The maximum atomic E-state index is 11.1. The number of hydrogen-bond donors (Lipinski definition) is 2. The van der Waals surface area contributed by atoms with Gasteiger partial charge >= 0.3 is 0 Å². The molecule has 82 valence electrons. The van der Waals surface area contributed by atoms with Gasteiger partial charge in [0.2, 0.25) is 15.9 Å². The van der Waals surface area contributed by atoms with Crippen LogP contribution in [-0.2, 0) is 14.8 Å². The quantitative estimate of drug-likeness (QED) is 0.816. The maximum Gasteiger partial charge on any atom is 0.239 e. The highest BCUT2D eigenvalue weighted by Gasteiger charge is 2.13. The smallest absolute Gasteiger partial charge is 0.239 e. The van der Waals surface area contributed by atoms with E-state index in [0.29, 0.717) is 5.69 Å². The predicted octanol–water partition coefficient (Wildman–Crippen LogP) is 0.946. The summed E-state index contributed by atoms with van der Waals surface area (Å²) in [5, 5.41) is 7.38. The molecule has 3 N–H and O–H groups in total. The molecule has 7 heteroatoms. The van der Waals surface area contributed by atoms with Crippen molar-refractivity contribution in [2.45, 2.75) is 11.8 Å². The van der Waals surface area contributed by atoms with Gasteiger partial charge in [-0.1, -0.05) is 11.6 Å². The van der Waals surface area contributed by atoms with Gasteiger partial charge in [0.15, 0.2) is 0 Å². The Labute approximate surface area is 92.3 Å². The van der Waals surface area contributed by atoms with Crippen molar-refractivity contribution >= 4 is 33.2 Å². The molecule has 0 aromatic heterocycles. The van der Waals surface area contributed by atoms with Crippen molar-refractivity contribution in [3.63, 3.8) is 0 Å². The first-order chi connectivity index (χ1) is 6.80. The topological polar surface area (TPSA) is 89.3 Å². The number of sulfonamides is 1. The van der Waals surface area contributed by atoms with E-state index in [4.69, 9.17) is 16.7 Å². The molecule has 0 aliphatic carbocycles. The van der Waals surface area contributed by atoms with Crippen molar-refractivity contribution in [1.82, 2.24) is 0 Å². The molecule has 1 amide bonds. The second-order valence-electron chi connectivity index (χ2n) is 2.87. The van der Waals surface area contributed by atoms with Gasteiger partial charge in [-0.3, -0.25) is 4.79 Å². The Morgan fingerprint density at radius 1 is 1.47 bits per heavy atom. The fraction of sp³-hybridized carbons (Fsp3) is 0.125. The Balaban J connectivity index is 3.23. The van der Waals surface area contributed by atoms with Crippen molar-refractivity contribution in [2.75, 3.05) is 5.32 Å². The van der Waals surface area contributed by atoms with Crippen molar-refractivity contribution in [3.05, 3.63) is 23.2 Å². The number of hydrogen-bond acceptors (Lipinski definition) is 3. The number of benzene rings is 1. The third-order valence-electron chi connectivity index (χ3n) is 1.56. The molecule has 0 saturated carbocycles. The van der Waals surface area contributed by atoms with Gasteiger partial charge < -0.3 is 5.32 Å². The number of nitrogens with two attached hydrogens (primary N) is 1. The zero-order valence-corrected chi connectivity index (χ0v) is 9.39. The number of amides is 1. The molecular formula is C8H9ClN2O3S. The van der Waals surface area contributed by atoms with Crippen LogP contribution in [0.15, 0.2) is 23.1 Å². The number of carbonyl (C=O) groups excluding carboxylic acids is 1. The van der Waals surface area contributed by atoms with Crippen LogP contribution in [0.2, 0.25) is 5.02 Å². The van der Waals surface area contributed by atoms with E-state index in [1.807, 2.05) is 0 Å². The molecule has 0 radical (unpaired) electrons. The molecule has 0 bridgehead atoms. The molecule has 0 aliphatic heterocycles. The van der Waals surface area contributed by atoms with E-state index in [1.165, 1.54) is 25.1 Å². The molecule has 15 heavy (non-hydrogen) atoms. The van der Waals surface area contributed by atoms with Gasteiger partial charge in [-0.15, -0.1) is 0 Å². The van der Waals surface area contributed by atoms with Crippen LogP contribution in [0.3, 0.4) is 0 Å². The second-order valence-corrected chi connectivity index (χ2v) is 4.81. The average molecular weight is 249 g/mol. The van der Waals surface area contributed by atoms with Gasteiger partial charge in [0.25, 0.3) is 0 Å². The van der Waals surface area contributed by atoms with Crippen molar-refractivity contribution in [2.24, 2.45) is 5.14 Å². The van der Waals surface area contributed by atoms with Crippen LogP contribution < -0.4 is 10.5 Å². The van der Waals surface area contributed by atoms with E-state index in [9.17, 15) is 13.2 Å². The third kappa shape index (κ3) is 3.19. The highest BCUT2D eigenvalue weighted by Crippen LogP contribution is 2.23. The summed E-state index contributed by atoms with van der Waals surface area (Å²) in [4.78, 5) is 10.5. The fourth-order valence-corrected chi connectivity index (χ4v) is 2.07. The van der Waals surface area contributed by atoms with Crippen LogP contribution in [0.25, 0.3) is 0 Å². The van der Waals surface area contributed by atoms with Crippen LogP contribution >= 0.6 is 11.6 Å². The summed E-state index contributed by atoms with van der Waals surface area (Å²) < 4.78 is 22.1. The number of nitrogens with one attached hydrogen (secondary N) is 1. The van der Waals surface area contributed by atoms with Gasteiger partial charge in [-0.25, -0.2) is 13.6 Å². The van der Waals surface area contributed by atoms with Crippen LogP contribution in [0.4, 0.5) is 5.69 Å². The number of anilines is 1. The lowest BCUT2D eigenvalue weighted by atomic mass is 10.3. The van der Waals surface area contributed by atoms with Crippen LogP contribution in [-0.4, -0.2) is 14.3 Å². The largest absolute Gasteiger partial charge is 0.326 e. The van der Waals surface area contributed by atoms with E-state index >= 15 is 0 Å². The van der Waals surface area contributed by atoms with Gasteiger partial charge in [-0.2, -0.15) is 0 Å². The Morgan fingerprint density at radius 3 is 2.53 bits per heavy atom. The molecule has 0 atom stereocenters. The summed E-state index contributed by atoms with van der Waals surface area (Å²) in [6.45, 7) is 1.31. The maximum absolute atomic E-state index is 11.1. The minimum atomic E-state index is -3.88. The Morgan fingerprint density at radius 2 is 2.07 bits per heavy atom. The van der Waals surface area contributed by atoms with Gasteiger partial charge in [0, 0.05) is 12.6 Å². The summed E-state index contributed by atoms with van der Waals surface area (Å²) in [6, 6.07) is 4.05. The first kappa shape index (κ1) is 12.0. The number of primary sulfonamides is 1. The molecular weight excluding hydrogens is 240 g/mol. The van der Waals surface area contributed by atoms with E-state index in [1.54, 1.807) is 0 Å². The van der Waals surface area contributed by atoms with Crippen molar-refractivity contribution in [3.8, 4) is 0 Å². The summed E-state index contributed by atoms with van der Waals surface area (Å²) >= 11 is 5.65. The lowest BCUT2D eigenvalue weighted by molar-refractivity contribution is -0.114. The van der Waals surface area contributed by atoms with E-state index in [-0.39, 0.29) is 15.8 Å². The van der Waals surface area contributed by atoms with Gasteiger partial charge in [0.1, 0.15) is 4.90 Å². The first-order valence-corrected chi connectivity index (χ1v) is 5.83. The fourth-order valence-electron chi connectivity index (χ4n) is 1.00. The lowest BCUT2D eigenvalue weighted by Crippen LogP contribution is -2.14. The van der Waals surface area contributed by atoms with E-state index < -0.39 is 10.0 Å². The molecule has 0 saturated heterocycles. The Hall–Kier alpha value is -1.11. The van der Waals surface area contributed by atoms with Crippen LogP contribution in [0.5, 0.6) is 0 Å². The van der Waals surface area contributed by atoms with E-state index in [0.717, 1.165) is 0 Å². The SMILES string of the molecule is CC(=O)Nc1ccc(Cl)c(S(N)(=O)=O)c1. The average Bonchev–Trinajstić information content (AvgIpc) is 2.05. The molecule has 0 fully saturated rings. The van der Waals surface area contributed by atoms with E-state index in [2.05, 4.69) is 5.32 Å². The highest BCUT2D eigenvalue weighted by atomic mass is 35.5. The highest BCUT2D eigenvalue weighted by molar-refractivity contribution is 7.89. The Kier molecular flexibility index (Phi) is 3.33. The zero-order valence-electron chi connectivity index (χ0n) is 7.82. The number of carbonyl (C=O) groups is 1. The standard InChI is InChI=1S/C8H9ClN2O3S/c1-5(12)11-6-2-3-7(9)8(4-6)15(10,13)14/h2-4H,1H3,(H,11,12)(H2,10,13,14). The minimum absolute atomic E-state index is 0.0200. The number of halogens is 1. The van der Waals surface area contributed by atoms with Gasteiger partial charge in [-0.05, 0) is 18.2 Å². The number of rotatable bonds is 2. The summed E-state index contributed by atoms with van der Waals surface area (Å²) in [6.07, 6.45) is 0. The third-order valence-corrected chi connectivity index (χ3v) is 2.95. The minimum Gasteiger partial charge on any atom is -0.326 e. The second kappa shape index (κ2) is 4.18. The Bertz CT molecular complexity index is 499. The summed E-state index contributed by atoms with van der Waals surface area (Å²) in [5.74, 6) is -0.308. The molecule has 1 rings (SSSR count). The molecule has 0 unspecified atom stereocenters. The predicted molar refractivity (Wildman–Crippen MR) is 57.1 cm³/mol. The first-order valence-electron chi connectivity index (χ1n) is 3.90. The normalized spacial score (nSPS) is 11.1. The molecule has 1 aromatic carbocycles. The zero-order chi connectivity index (χ0) is 11.6.